The molecule has 0 radical (unpaired) electrons. The van der Waals surface area contributed by atoms with Gasteiger partial charge in [0.2, 0.25) is 0 Å². The van der Waals surface area contributed by atoms with Crippen molar-refractivity contribution in [3.05, 3.63) is 64.7 Å². The normalized spacial score (nSPS) is 13.5. The van der Waals surface area contributed by atoms with E-state index in [9.17, 15) is 9.90 Å². The van der Waals surface area contributed by atoms with E-state index in [1.54, 1.807) is 19.1 Å². The van der Waals surface area contributed by atoms with Gasteiger partial charge < -0.3 is 14.9 Å². The number of benzene rings is 2. The van der Waals surface area contributed by atoms with Crippen molar-refractivity contribution in [3.8, 4) is 5.75 Å². The topological polar surface area (TPSA) is 66.8 Å². The van der Waals surface area contributed by atoms with Crippen molar-refractivity contribution in [3.63, 3.8) is 0 Å². The molecule has 2 aromatic carbocycles. The van der Waals surface area contributed by atoms with Gasteiger partial charge >= 0.3 is 5.97 Å². The quantitative estimate of drug-likeness (QED) is 0.889. The van der Waals surface area contributed by atoms with Crippen LogP contribution in [0.5, 0.6) is 5.75 Å². The van der Waals surface area contributed by atoms with Crippen LogP contribution in [0.3, 0.4) is 0 Å². The molecule has 0 heterocycles. The van der Waals surface area contributed by atoms with E-state index in [0.717, 1.165) is 5.56 Å². The lowest BCUT2D eigenvalue weighted by Crippen LogP contribution is -2.29. The maximum absolute atomic E-state index is 10.8. The number of carboxylic acids is 1. The van der Waals surface area contributed by atoms with Crippen LogP contribution in [-0.2, 0) is 5.60 Å². The Morgan fingerprint density at radius 3 is 2.48 bits per heavy atom. The highest BCUT2D eigenvalue weighted by Crippen LogP contribution is 2.28. The number of rotatable bonds is 5. The number of aromatic carboxylic acids is 1. The summed E-state index contributed by atoms with van der Waals surface area (Å²) in [5, 5.41) is 19.5. The molecule has 110 valence electrons. The van der Waals surface area contributed by atoms with Crippen LogP contribution in [0.25, 0.3) is 0 Å². The number of hydrogen-bond acceptors (Lipinski definition) is 3. The number of hydrogen-bond donors (Lipinski definition) is 2. The smallest absolute Gasteiger partial charge is 0.335 e. The molecule has 1 atom stereocenters. The molecular formula is C16H15ClO4. The SMILES string of the molecule is CC(O)(COc1ccc(C(=O)O)cc1Cl)c1ccccc1. The van der Waals surface area contributed by atoms with Gasteiger partial charge in [0.25, 0.3) is 0 Å². The summed E-state index contributed by atoms with van der Waals surface area (Å²) in [6.07, 6.45) is 0. The van der Waals surface area contributed by atoms with Crippen LogP contribution in [0.2, 0.25) is 5.02 Å². The average molecular weight is 307 g/mol. The first-order valence-electron chi connectivity index (χ1n) is 6.34. The van der Waals surface area contributed by atoms with E-state index < -0.39 is 11.6 Å². The summed E-state index contributed by atoms with van der Waals surface area (Å²) in [6, 6.07) is 13.3. The van der Waals surface area contributed by atoms with Gasteiger partial charge in [0.15, 0.2) is 0 Å². The van der Waals surface area contributed by atoms with E-state index in [1.807, 2.05) is 18.2 Å². The Hall–Kier alpha value is -2.04. The molecule has 2 aromatic rings. The minimum absolute atomic E-state index is 0.00313. The lowest BCUT2D eigenvalue weighted by Gasteiger charge is -2.24. The Morgan fingerprint density at radius 1 is 1.24 bits per heavy atom. The van der Waals surface area contributed by atoms with Crippen LogP contribution in [0.15, 0.2) is 48.5 Å². The van der Waals surface area contributed by atoms with E-state index in [-0.39, 0.29) is 17.2 Å². The molecular weight excluding hydrogens is 292 g/mol. The van der Waals surface area contributed by atoms with Crippen LogP contribution >= 0.6 is 11.6 Å². The zero-order valence-electron chi connectivity index (χ0n) is 11.4. The molecule has 0 fully saturated rings. The Kier molecular flexibility index (Phi) is 4.50. The molecule has 0 aliphatic heterocycles. The third kappa shape index (κ3) is 3.74. The minimum atomic E-state index is -1.17. The molecule has 0 amide bonds. The van der Waals surface area contributed by atoms with Crippen LogP contribution < -0.4 is 4.74 Å². The van der Waals surface area contributed by atoms with Gasteiger partial charge in [-0.3, -0.25) is 0 Å². The van der Waals surface area contributed by atoms with Gasteiger partial charge in [-0.15, -0.1) is 0 Å². The Labute approximate surface area is 127 Å². The predicted molar refractivity (Wildman–Crippen MR) is 79.9 cm³/mol. The molecule has 4 nitrogen and oxygen atoms in total. The second-order valence-corrected chi connectivity index (χ2v) is 5.29. The molecule has 0 aliphatic carbocycles. The summed E-state index contributed by atoms with van der Waals surface area (Å²) < 4.78 is 5.52. The fourth-order valence-corrected chi connectivity index (χ4v) is 2.08. The van der Waals surface area contributed by atoms with Gasteiger partial charge in [-0.05, 0) is 30.7 Å². The molecule has 5 heteroatoms. The summed E-state index contributed by atoms with van der Waals surface area (Å²) >= 11 is 5.98. The maximum atomic E-state index is 10.8. The average Bonchev–Trinajstić information content (AvgIpc) is 2.46. The zero-order chi connectivity index (χ0) is 15.5. The number of aliphatic hydroxyl groups is 1. The number of carbonyl (C=O) groups is 1. The molecule has 2 rings (SSSR count). The van der Waals surface area contributed by atoms with E-state index in [2.05, 4.69) is 0 Å². The molecule has 0 aliphatic rings. The summed E-state index contributed by atoms with van der Waals surface area (Å²) in [5.41, 5.74) is -0.360. The van der Waals surface area contributed by atoms with E-state index in [1.165, 1.54) is 18.2 Å². The van der Waals surface area contributed by atoms with Crippen molar-refractivity contribution in [1.29, 1.82) is 0 Å². The summed E-state index contributed by atoms with van der Waals surface area (Å²) in [5.74, 6) is -0.724. The molecule has 0 saturated heterocycles. The number of carboxylic acid groups (broad SMARTS) is 1. The first-order valence-corrected chi connectivity index (χ1v) is 6.71. The van der Waals surface area contributed by atoms with E-state index in [4.69, 9.17) is 21.4 Å². The highest BCUT2D eigenvalue weighted by molar-refractivity contribution is 6.32. The maximum Gasteiger partial charge on any atom is 0.335 e. The van der Waals surface area contributed by atoms with E-state index >= 15 is 0 Å². The largest absolute Gasteiger partial charge is 0.489 e. The van der Waals surface area contributed by atoms with Gasteiger partial charge in [-0.1, -0.05) is 41.9 Å². The fourth-order valence-electron chi connectivity index (χ4n) is 1.85. The second kappa shape index (κ2) is 6.16. The van der Waals surface area contributed by atoms with E-state index in [0.29, 0.717) is 5.75 Å². The Morgan fingerprint density at radius 2 is 1.90 bits per heavy atom. The molecule has 21 heavy (non-hydrogen) atoms. The standard InChI is InChI=1S/C16H15ClO4/c1-16(20,12-5-3-2-4-6-12)10-21-14-8-7-11(15(18)19)9-13(14)17/h2-9,20H,10H2,1H3,(H,18,19). The summed E-state index contributed by atoms with van der Waals surface area (Å²) in [4.78, 5) is 10.8. The molecule has 0 aromatic heterocycles. The molecule has 1 unspecified atom stereocenters. The predicted octanol–water partition coefficient (Wildman–Crippen LogP) is 3.32. The lowest BCUT2D eigenvalue weighted by atomic mass is 9.97. The Balaban J connectivity index is 2.11. The van der Waals surface area contributed by atoms with Crippen LogP contribution in [0.4, 0.5) is 0 Å². The third-order valence-corrected chi connectivity index (χ3v) is 3.38. The van der Waals surface area contributed by atoms with Crippen LogP contribution in [0, 0.1) is 0 Å². The van der Waals surface area contributed by atoms with Gasteiger partial charge in [0.1, 0.15) is 18.0 Å². The summed E-state index contributed by atoms with van der Waals surface area (Å²) in [6.45, 7) is 1.64. The fraction of sp³-hybridized carbons (Fsp3) is 0.188. The monoisotopic (exact) mass is 306 g/mol. The minimum Gasteiger partial charge on any atom is -0.489 e. The Bertz CT molecular complexity index is 638. The molecule has 0 bridgehead atoms. The summed E-state index contributed by atoms with van der Waals surface area (Å²) in [7, 11) is 0. The van der Waals surface area contributed by atoms with Gasteiger partial charge in [0.05, 0.1) is 10.6 Å². The van der Waals surface area contributed by atoms with Gasteiger partial charge in [0, 0.05) is 0 Å². The van der Waals surface area contributed by atoms with Crippen LogP contribution in [-0.4, -0.2) is 22.8 Å². The second-order valence-electron chi connectivity index (χ2n) is 4.88. The first kappa shape index (κ1) is 15.4. The van der Waals surface area contributed by atoms with Crippen molar-refractivity contribution < 1.29 is 19.7 Å². The molecule has 0 saturated carbocycles. The van der Waals surface area contributed by atoms with Crippen molar-refractivity contribution in [2.75, 3.05) is 6.61 Å². The first-order chi connectivity index (χ1) is 9.90. The van der Waals surface area contributed by atoms with Crippen molar-refractivity contribution in [2.24, 2.45) is 0 Å². The third-order valence-electron chi connectivity index (χ3n) is 3.08. The van der Waals surface area contributed by atoms with Crippen molar-refractivity contribution in [2.45, 2.75) is 12.5 Å². The number of halogens is 1. The molecule has 2 N–H and O–H groups in total. The van der Waals surface area contributed by atoms with Gasteiger partial charge in [-0.2, -0.15) is 0 Å². The number of ether oxygens (including phenoxy) is 1. The van der Waals surface area contributed by atoms with Crippen molar-refractivity contribution >= 4 is 17.6 Å². The zero-order valence-corrected chi connectivity index (χ0v) is 12.2. The van der Waals surface area contributed by atoms with Crippen LogP contribution in [0.1, 0.15) is 22.8 Å². The molecule has 0 spiro atoms. The highest BCUT2D eigenvalue weighted by atomic mass is 35.5. The van der Waals surface area contributed by atoms with Crippen molar-refractivity contribution in [1.82, 2.24) is 0 Å². The lowest BCUT2D eigenvalue weighted by molar-refractivity contribution is 0.00761. The highest BCUT2D eigenvalue weighted by Gasteiger charge is 2.24. The van der Waals surface area contributed by atoms with Gasteiger partial charge in [-0.25, -0.2) is 4.79 Å².